The zero-order chi connectivity index (χ0) is 13.8. The topological polar surface area (TPSA) is 52.6 Å². The minimum absolute atomic E-state index is 0.0378. The predicted octanol–water partition coefficient (Wildman–Crippen LogP) is 2.12. The molecular formula is C11H9F3O4. The van der Waals surface area contributed by atoms with Gasteiger partial charge in [0.1, 0.15) is 17.9 Å². The van der Waals surface area contributed by atoms with Crippen LogP contribution in [0.5, 0.6) is 11.5 Å². The van der Waals surface area contributed by atoms with Gasteiger partial charge in [-0.2, -0.15) is 13.2 Å². The van der Waals surface area contributed by atoms with Crippen molar-refractivity contribution in [1.29, 1.82) is 0 Å². The third-order valence-electron chi connectivity index (χ3n) is 1.91. The Morgan fingerprint density at radius 2 is 1.61 bits per heavy atom. The molecule has 0 saturated carbocycles. The molecule has 0 radical (unpaired) electrons. The maximum atomic E-state index is 11.9. The molecule has 98 valence electrons. The lowest BCUT2D eigenvalue weighted by molar-refractivity contribution is -0.173. The molecule has 0 fully saturated rings. The summed E-state index contributed by atoms with van der Waals surface area (Å²) in [6, 6.07) is 5.62. The molecule has 0 bridgehead atoms. The third-order valence-corrected chi connectivity index (χ3v) is 1.91. The van der Waals surface area contributed by atoms with Crippen LogP contribution in [-0.4, -0.2) is 25.0 Å². The van der Waals surface area contributed by atoms with Crippen LogP contribution in [0.15, 0.2) is 24.3 Å². The van der Waals surface area contributed by atoms with E-state index in [1.807, 2.05) is 0 Å². The average Bonchev–Trinajstić information content (AvgIpc) is 2.28. The van der Waals surface area contributed by atoms with Crippen molar-refractivity contribution >= 4 is 11.8 Å². The maximum absolute atomic E-state index is 11.9. The van der Waals surface area contributed by atoms with Crippen molar-refractivity contribution in [3.63, 3.8) is 0 Å². The van der Waals surface area contributed by atoms with E-state index in [9.17, 15) is 22.8 Å². The van der Waals surface area contributed by atoms with Crippen LogP contribution in [0.25, 0.3) is 0 Å². The van der Waals surface area contributed by atoms with E-state index in [0.29, 0.717) is 5.75 Å². The van der Waals surface area contributed by atoms with Crippen molar-refractivity contribution in [3.8, 4) is 11.5 Å². The minimum Gasteiger partial charge on any atom is -0.497 e. The van der Waals surface area contributed by atoms with Crippen LogP contribution in [-0.2, 0) is 9.59 Å². The molecule has 0 aromatic heterocycles. The molecule has 0 aliphatic heterocycles. The summed E-state index contributed by atoms with van der Waals surface area (Å²) in [7, 11) is 1.43. The maximum Gasteiger partial charge on any atom is 0.450 e. The van der Waals surface area contributed by atoms with Gasteiger partial charge in [0, 0.05) is 0 Å². The quantitative estimate of drug-likeness (QED) is 0.474. The van der Waals surface area contributed by atoms with E-state index in [0.717, 1.165) is 0 Å². The number of benzene rings is 1. The van der Waals surface area contributed by atoms with Crippen molar-refractivity contribution < 1.29 is 32.2 Å². The summed E-state index contributed by atoms with van der Waals surface area (Å²) < 4.78 is 45.0. The Bertz CT molecular complexity index is 437. The first-order valence-electron chi connectivity index (χ1n) is 4.77. The van der Waals surface area contributed by atoms with Gasteiger partial charge in [-0.15, -0.1) is 0 Å². The molecule has 0 amide bonds. The van der Waals surface area contributed by atoms with Gasteiger partial charge in [-0.25, -0.2) is 0 Å². The fourth-order valence-corrected chi connectivity index (χ4v) is 1.04. The van der Waals surface area contributed by atoms with E-state index in [-0.39, 0.29) is 5.75 Å². The average molecular weight is 262 g/mol. The Labute approximate surface area is 100 Å². The minimum atomic E-state index is -5.03. The summed E-state index contributed by atoms with van der Waals surface area (Å²) in [4.78, 5) is 21.6. The zero-order valence-electron chi connectivity index (χ0n) is 9.28. The third kappa shape index (κ3) is 4.08. The first-order valence-corrected chi connectivity index (χ1v) is 4.77. The highest BCUT2D eigenvalue weighted by molar-refractivity contribution is 5.99. The Hall–Kier alpha value is -2.05. The summed E-state index contributed by atoms with van der Waals surface area (Å²) in [5.41, 5.74) is 0. The van der Waals surface area contributed by atoms with Gasteiger partial charge in [-0.05, 0) is 24.3 Å². The van der Waals surface area contributed by atoms with Crippen LogP contribution >= 0.6 is 0 Å². The highest BCUT2D eigenvalue weighted by Crippen LogP contribution is 2.20. The summed E-state index contributed by atoms with van der Waals surface area (Å²) in [6.45, 7) is 0. The monoisotopic (exact) mass is 262 g/mol. The predicted molar refractivity (Wildman–Crippen MR) is 54.3 cm³/mol. The number of methoxy groups -OCH3 is 1. The number of esters is 1. The van der Waals surface area contributed by atoms with Crippen molar-refractivity contribution in [3.05, 3.63) is 24.3 Å². The lowest BCUT2D eigenvalue weighted by Crippen LogP contribution is -2.27. The van der Waals surface area contributed by atoms with Gasteiger partial charge >= 0.3 is 12.1 Å². The molecule has 0 aliphatic carbocycles. The number of hydrogen-bond acceptors (Lipinski definition) is 4. The second kappa shape index (κ2) is 5.52. The normalized spacial score (nSPS) is 10.9. The number of ether oxygens (including phenoxy) is 2. The molecule has 1 aromatic rings. The highest BCUT2D eigenvalue weighted by Gasteiger charge is 2.39. The lowest BCUT2D eigenvalue weighted by Gasteiger charge is -2.06. The number of halogens is 3. The van der Waals surface area contributed by atoms with Crippen LogP contribution in [0.1, 0.15) is 6.42 Å². The lowest BCUT2D eigenvalue weighted by atomic mass is 10.3. The van der Waals surface area contributed by atoms with E-state index < -0.39 is 24.3 Å². The summed E-state index contributed by atoms with van der Waals surface area (Å²) in [6.07, 6.45) is -6.37. The number of alkyl halides is 3. The molecule has 0 heterocycles. The van der Waals surface area contributed by atoms with E-state index in [1.165, 1.54) is 31.4 Å². The van der Waals surface area contributed by atoms with Crippen LogP contribution in [0.4, 0.5) is 13.2 Å². The number of carbonyl (C=O) groups is 2. The summed E-state index contributed by atoms with van der Waals surface area (Å²) in [5, 5.41) is 0. The molecule has 7 heteroatoms. The van der Waals surface area contributed by atoms with Crippen molar-refractivity contribution in [1.82, 2.24) is 0 Å². The number of carbonyl (C=O) groups excluding carboxylic acids is 2. The summed E-state index contributed by atoms with van der Waals surface area (Å²) >= 11 is 0. The van der Waals surface area contributed by atoms with Gasteiger partial charge in [0.2, 0.25) is 5.78 Å². The molecule has 0 saturated heterocycles. The Kier molecular flexibility index (Phi) is 4.30. The Morgan fingerprint density at radius 3 is 2.06 bits per heavy atom. The molecule has 0 atom stereocenters. The number of rotatable bonds is 4. The smallest absolute Gasteiger partial charge is 0.450 e. The zero-order valence-corrected chi connectivity index (χ0v) is 9.28. The standard InChI is InChI=1S/C11H9F3O4/c1-17-7-2-4-8(5-3-7)18-10(16)6-9(15)11(12,13)14/h2-5H,6H2,1H3. The highest BCUT2D eigenvalue weighted by atomic mass is 19.4. The second-order valence-electron chi connectivity index (χ2n) is 3.25. The van der Waals surface area contributed by atoms with Crippen molar-refractivity contribution in [2.75, 3.05) is 7.11 Å². The van der Waals surface area contributed by atoms with Gasteiger partial charge in [0.05, 0.1) is 7.11 Å². The largest absolute Gasteiger partial charge is 0.497 e. The molecule has 0 spiro atoms. The van der Waals surface area contributed by atoms with Gasteiger partial charge in [-0.1, -0.05) is 0 Å². The number of ketones is 1. The van der Waals surface area contributed by atoms with E-state index in [2.05, 4.69) is 4.74 Å². The van der Waals surface area contributed by atoms with Gasteiger partial charge in [0.15, 0.2) is 0 Å². The number of Topliss-reactive ketones (excluding diaryl/α,β-unsaturated/α-hetero) is 1. The van der Waals surface area contributed by atoms with Gasteiger partial charge in [-0.3, -0.25) is 9.59 Å². The number of hydrogen-bond donors (Lipinski definition) is 0. The van der Waals surface area contributed by atoms with Crippen LogP contribution < -0.4 is 9.47 Å². The van der Waals surface area contributed by atoms with Crippen LogP contribution in [0.3, 0.4) is 0 Å². The van der Waals surface area contributed by atoms with Crippen LogP contribution in [0.2, 0.25) is 0 Å². The summed E-state index contributed by atoms with van der Waals surface area (Å²) in [5.74, 6) is -2.86. The second-order valence-corrected chi connectivity index (χ2v) is 3.25. The molecule has 1 rings (SSSR count). The Balaban J connectivity index is 2.57. The molecule has 0 unspecified atom stereocenters. The molecule has 0 aliphatic rings. The molecule has 4 nitrogen and oxygen atoms in total. The van der Waals surface area contributed by atoms with Crippen LogP contribution in [0, 0.1) is 0 Å². The molecule has 1 aromatic carbocycles. The SMILES string of the molecule is COc1ccc(OC(=O)CC(=O)C(F)(F)F)cc1. The van der Waals surface area contributed by atoms with Crippen molar-refractivity contribution in [2.24, 2.45) is 0 Å². The van der Waals surface area contributed by atoms with E-state index in [4.69, 9.17) is 4.74 Å². The molecule has 18 heavy (non-hydrogen) atoms. The molecule has 0 N–H and O–H groups in total. The van der Waals surface area contributed by atoms with E-state index >= 15 is 0 Å². The fraction of sp³-hybridized carbons (Fsp3) is 0.273. The van der Waals surface area contributed by atoms with Crippen molar-refractivity contribution in [2.45, 2.75) is 12.6 Å². The first kappa shape index (κ1) is 14.0. The van der Waals surface area contributed by atoms with Gasteiger partial charge in [0.25, 0.3) is 0 Å². The Morgan fingerprint density at radius 1 is 1.11 bits per heavy atom. The fourth-order valence-electron chi connectivity index (χ4n) is 1.04. The molecular weight excluding hydrogens is 253 g/mol. The first-order chi connectivity index (χ1) is 8.32. The van der Waals surface area contributed by atoms with Gasteiger partial charge < -0.3 is 9.47 Å². The van der Waals surface area contributed by atoms with E-state index in [1.54, 1.807) is 0 Å².